The number of thiophene rings is 2. The van der Waals surface area contributed by atoms with Gasteiger partial charge in [-0.2, -0.15) is 0 Å². The van der Waals surface area contributed by atoms with Gasteiger partial charge in [-0.3, -0.25) is 0 Å². The fraction of sp³-hybridized carbons (Fsp3) is 0.0833. The first-order valence-electron chi connectivity index (χ1n) is 5.12. The number of hydrogen-bond acceptors (Lipinski definition) is 3. The lowest BCUT2D eigenvalue weighted by Crippen LogP contribution is -1.98. The topological polar surface area (TPSA) is 17.8 Å². The van der Waals surface area contributed by atoms with E-state index in [1.807, 2.05) is 12.4 Å². The number of hydrogen-bond donors (Lipinski definition) is 0. The largest absolute Gasteiger partial charge is 0.325 e. The Morgan fingerprint density at radius 3 is 2.94 bits per heavy atom. The molecule has 0 fully saturated rings. The van der Waals surface area contributed by atoms with E-state index < -0.39 is 0 Å². The van der Waals surface area contributed by atoms with Crippen molar-refractivity contribution < 1.29 is 0 Å². The molecule has 0 aliphatic heterocycles. The van der Waals surface area contributed by atoms with Gasteiger partial charge in [-0.25, -0.2) is 4.98 Å². The summed E-state index contributed by atoms with van der Waals surface area (Å²) < 4.78 is 3.36. The van der Waals surface area contributed by atoms with Crippen LogP contribution in [0, 0.1) is 0 Å². The molecule has 0 spiro atoms. The fourth-order valence-electron chi connectivity index (χ4n) is 1.67. The minimum absolute atomic E-state index is 0.878. The van der Waals surface area contributed by atoms with Crippen molar-refractivity contribution in [1.82, 2.24) is 9.55 Å². The van der Waals surface area contributed by atoms with E-state index in [-0.39, 0.29) is 0 Å². The highest BCUT2D eigenvalue weighted by Gasteiger charge is 2.08. The Hall–Kier alpha value is -0.910. The van der Waals surface area contributed by atoms with Gasteiger partial charge in [0, 0.05) is 17.3 Å². The second kappa shape index (κ2) is 4.76. The third-order valence-electron chi connectivity index (χ3n) is 2.41. The van der Waals surface area contributed by atoms with E-state index in [4.69, 9.17) is 0 Å². The van der Waals surface area contributed by atoms with E-state index in [1.165, 1.54) is 13.5 Å². The van der Waals surface area contributed by atoms with Gasteiger partial charge in [0.2, 0.25) is 0 Å². The quantitative estimate of drug-likeness (QED) is 0.694. The van der Waals surface area contributed by atoms with Crippen LogP contribution in [-0.4, -0.2) is 9.55 Å². The Kier molecular flexibility index (Phi) is 3.13. The average Bonchev–Trinajstić information content (AvgIpc) is 3.00. The molecule has 0 aromatic carbocycles. The minimum atomic E-state index is 0.878. The Bertz CT molecular complexity index is 610. The van der Waals surface area contributed by atoms with E-state index in [0.29, 0.717) is 0 Å². The van der Waals surface area contributed by atoms with Crippen LogP contribution >= 0.6 is 38.6 Å². The van der Waals surface area contributed by atoms with Gasteiger partial charge in [-0.05, 0) is 39.5 Å². The molecule has 0 aliphatic rings. The highest BCUT2D eigenvalue weighted by Crippen LogP contribution is 2.26. The van der Waals surface area contributed by atoms with E-state index >= 15 is 0 Å². The smallest absolute Gasteiger partial charge is 0.150 e. The van der Waals surface area contributed by atoms with Gasteiger partial charge >= 0.3 is 0 Å². The maximum atomic E-state index is 4.43. The molecule has 0 aliphatic carbocycles. The molecule has 0 unspecified atom stereocenters. The predicted octanol–water partition coefficient (Wildman–Crippen LogP) is 4.48. The fourth-order valence-corrected chi connectivity index (χ4v) is 3.89. The van der Waals surface area contributed by atoms with Gasteiger partial charge in [0.25, 0.3) is 0 Å². The molecular formula is C12H9BrN2S2. The number of rotatable bonds is 3. The number of imidazole rings is 1. The third-order valence-corrected chi connectivity index (χ3v) is 4.89. The molecule has 0 saturated carbocycles. The summed E-state index contributed by atoms with van der Waals surface area (Å²) in [6.45, 7) is 0.878. The van der Waals surface area contributed by atoms with Gasteiger partial charge in [-0.1, -0.05) is 6.07 Å². The summed E-state index contributed by atoms with van der Waals surface area (Å²) >= 11 is 6.97. The van der Waals surface area contributed by atoms with Crippen molar-refractivity contribution in [2.75, 3.05) is 0 Å². The summed E-state index contributed by atoms with van der Waals surface area (Å²) in [6, 6.07) is 8.39. The Labute approximate surface area is 116 Å². The summed E-state index contributed by atoms with van der Waals surface area (Å²) in [6.07, 6.45) is 3.89. The Balaban J connectivity index is 1.92. The molecule has 2 nitrogen and oxygen atoms in total. The lowest BCUT2D eigenvalue weighted by Gasteiger charge is -2.04. The van der Waals surface area contributed by atoms with E-state index in [9.17, 15) is 0 Å². The van der Waals surface area contributed by atoms with Gasteiger partial charge in [0.05, 0.1) is 15.2 Å². The van der Waals surface area contributed by atoms with Crippen molar-refractivity contribution in [3.63, 3.8) is 0 Å². The molecule has 3 heterocycles. The van der Waals surface area contributed by atoms with Crippen LogP contribution in [0.25, 0.3) is 10.7 Å². The zero-order valence-electron chi connectivity index (χ0n) is 8.84. The van der Waals surface area contributed by atoms with Crippen LogP contribution in [0.5, 0.6) is 0 Å². The van der Waals surface area contributed by atoms with E-state index in [1.54, 1.807) is 22.7 Å². The van der Waals surface area contributed by atoms with Gasteiger partial charge in [0.1, 0.15) is 5.82 Å². The van der Waals surface area contributed by atoms with E-state index in [0.717, 1.165) is 12.4 Å². The monoisotopic (exact) mass is 324 g/mol. The summed E-state index contributed by atoms with van der Waals surface area (Å²) in [7, 11) is 0. The molecule has 86 valence electrons. The number of nitrogens with zero attached hydrogens (tertiary/aromatic N) is 2. The zero-order chi connectivity index (χ0) is 11.7. The van der Waals surface area contributed by atoms with Crippen LogP contribution in [0.2, 0.25) is 0 Å². The summed E-state index contributed by atoms with van der Waals surface area (Å²) in [5.41, 5.74) is 0. The lowest BCUT2D eigenvalue weighted by molar-refractivity contribution is 0.822. The second-order valence-corrected chi connectivity index (χ2v) is 7.06. The molecule has 0 bridgehead atoms. The molecule has 3 aromatic rings. The Morgan fingerprint density at radius 2 is 2.24 bits per heavy atom. The SMILES string of the molecule is Brc1ccc(Cn2ccnc2-c2cccs2)s1. The van der Waals surface area contributed by atoms with Crippen molar-refractivity contribution in [2.45, 2.75) is 6.54 Å². The van der Waals surface area contributed by atoms with Crippen LogP contribution in [0.15, 0.2) is 45.8 Å². The van der Waals surface area contributed by atoms with Gasteiger partial charge in [0.15, 0.2) is 0 Å². The highest BCUT2D eigenvalue weighted by molar-refractivity contribution is 9.11. The van der Waals surface area contributed by atoms with Crippen molar-refractivity contribution >= 4 is 38.6 Å². The number of aromatic nitrogens is 2. The first-order chi connectivity index (χ1) is 8.33. The molecule has 3 aromatic heterocycles. The van der Waals surface area contributed by atoms with E-state index in [2.05, 4.69) is 55.1 Å². The van der Waals surface area contributed by atoms with Crippen LogP contribution in [0.1, 0.15) is 4.88 Å². The summed E-state index contributed by atoms with van der Waals surface area (Å²) in [4.78, 5) is 6.97. The van der Waals surface area contributed by atoms with Gasteiger partial charge < -0.3 is 4.57 Å². The molecule has 0 amide bonds. The highest BCUT2D eigenvalue weighted by atomic mass is 79.9. The van der Waals surface area contributed by atoms with Crippen molar-refractivity contribution in [1.29, 1.82) is 0 Å². The molecule has 0 N–H and O–H groups in total. The first-order valence-corrected chi connectivity index (χ1v) is 7.61. The van der Waals surface area contributed by atoms with Crippen LogP contribution in [0.3, 0.4) is 0 Å². The maximum Gasteiger partial charge on any atom is 0.150 e. The zero-order valence-corrected chi connectivity index (χ0v) is 12.1. The summed E-state index contributed by atoms with van der Waals surface area (Å²) in [5.74, 6) is 1.05. The molecule has 5 heteroatoms. The average molecular weight is 325 g/mol. The molecule has 3 rings (SSSR count). The number of halogens is 1. The molecular weight excluding hydrogens is 316 g/mol. The first kappa shape index (κ1) is 11.2. The van der Waals surface area contributed by atoms with Crippen LogP contribution in [0.4, 0.5) is 0 Å². The molecule has 0 saturated heterocycles. The third kappa shape index (κ3) is 2.36. The second-order valence-electron chi connectivity index (χ2n) is 3.56. The normalized spacial score (nSPS) is 10.9. The van der Waals surface area contributed by atoms with Crippen LogP contribution < -0.4 is 0 Å². The summed E-state index contributed by atoms with van der Waals surface area (Å²) in [5, 5.41) is 2.08. The standard InChI is InChI=1S/C12H9BrN2S2/c13-11-4-3-9(17-11)8-15-6-5-14-12(15)10-2-1-7-16-10/h1-7H,8H2. The maximum absolute atomic E-state index is 4.43. The van der Waals surface area contributed by atoms with Crippen molar-refractivity contribution in [3.8, 4) is 10.7 Å². The molecule has 17 heavy (non-hydrogen) atoms. The molecule has 0 radical (unpaired) electrons. The van der Waals surface area contributed by atoms with Gasteiger partial charge in [-0.15, -0.1) is 22.7 Å². The predicted molar refractivity (Wildman–Crippen MR) is 76.7 cm³/mol. The lowest BCUT2D eigenvalue weighted by atomic mass is 10.4. The molecule has 0 atom stereocenters. The van der Waals surface area contributed by atoms with Crippen molar-refractivity contribution in [3.05, 3.63) is 50.7 Å². The van der Waals surface area contributed by atoms with Crippen LogP contribution in [-0.2, 0) is 6.54 Å². The Morgan fingerprint density at radius 1 is 1.29 bits per heavy atom. The minimum Gasteiger partial charge on any atom is -0.325 e. The van der Waals surface area contributed by atoms with Crippen molar-refractivity contribution in [2.24, 2.45) is 0 Å².